The Morgan fingerprint density at radius 2 is 1.83 bits per heavy atom. The zero-order chi connectivity index (χ0) is 21.1. The summed E-state index contributed by atoms with van der Waals surface area (Å²) in [7, 11) is 1.63. The van der Waals surface area contributed by atoms with E-state index in [1.165, 1.54) is 30.3 Å². The zero-order valence-corrected chi connectivity index (χ0v) is 16.5. The van der Waals surface area contributed by atoms with E-state index in [0.29, 0.717) is 31.3 Å². The average molecular weight is 404 g/mol. The molecule has 0 radical (unpaired) electrons. The molecule has 0 heterocycles. The van der Waals surface area contributed by atoms with Crippen molar-refractivity contribution >= 4 is 11.9 Å². The summed E-state index contributed by atoms with van der Waals surface area (Å²) in [4.78, 5) is 16.1. The van der Waals surface area contributed by atoms with E-state index in [2.05, 4.69) is 20.9 Å². The predicted octanol–water partition coefficient (Wildman–Crippen LogP) is 2.72. The van der Waals surface area contributed by atoms with Crippen LogP contribution in [-0.2, 0) is 0 Å². The summed E-state index contributed by atoms with van der Waals surface area (Å²) in [5.74, 6) is -0.370. The molecule has 0 aromatic heterocycles. The molecule has 0 aliphatic rings. The van der Waals surface area contributed by atoms with Crippen LogP contribution in [0.25, 0.3) is 0 Å². The second-order valence-corrected chi connectivity index (χ2v) is 6.22. The molecule has 8 heteroatoms. The predicted molar refractivity (Wildman–Crippen MR) is 109 cm³/mol. The molecule has 0 saturated heterocycles. The number of carbonyl (C=O) groups excluding carboxylic acids is 1. The van der Waals surface area contributed by atoms with E-state index in [1.807, 2.05) is 6.92 Å². The van der Waals surface area contributed by atoms with Gasteiger partial charge in [0.05, 0.1) is 12.1 Å². The molecule has 2 aromatic rings. The third-order valence-corrected chi connectivity index (χ3v) is 4.10. The summed E-state index contributed by atoms with van der Waals surface area (Å²) in [5, 5.41) is 8.84. The van der Waals surface area contributed by atoms with Gasteiger partial charge in [-0.2, -0.15) is 0 Å². The molecule has 156 valence electrons. The van der Waals surface area contributed by atoms with Crippen LogP contribution >= 0.6 is 0 Å². The van der Waals surface area contributed by atoms with Crippen molar-refractivity contribution in [2.75, 3.05) is 26.7 Å². The van der Waals surface area contributed by atoms with Crippen molar-refractivity contribution in [2.45, 2.75) is 19.4 Å². The van der Waals surface area contributed by atoms with Gasteiger partial charge in [0.2, 0.25) is 0 Å². The maximum atomic E-state index is 13.6. The average Bonchev–Trinajstić information content (AvgIpc) is 2.72. The minimum Gasteiger partial charge on any atom is -0.489 e. The van der Waals surface area contributed by atoms with Gasteiger partial charge in [-0.15, -0.1) is 0 Å². The number of carbonyl (C=O) groups is 1. The number of nitrogens with one attached hydrogen (secondary N) is 3. The third-order valence-electron chi connectivity index (χ3n) is 4.10. The van der Waals surface area contributed by atoms with Crippen LogP contribution in [0.4, 0.5) is 8.78 Å². The van der Waals surface area contributed by atoms with Gasteiger partial charge in [0.1, 0.15) is 23.5 Å². The molecule has 2 rings (SSSR count). The number of hydrogen-bond acceptors (Lipinski definition) is 3. The van der Waals surface area contributed by atoms with E-state index >= 15 is 0 Å². The number of guanidine groups is 1. The number of aliphatic imine (C=N–C) groups is 1. The lowest BCUT2D eigenvalue weighted by atomic mass is 10.2. The Hall–Kier alpha value is -3.16. The Balaban J connectivity index is 1.73. The molecule has 1 amide bonds. The summed E-state index contributed by atoms with van der Waals surface area (Å²) in [6, 6.07) is 11.8. The number of amides is 1. The van der Waals surface area contributed by atoms with Gasteiger partial charge in [0.25, 0.3) is 5.91 Å². The van der Waals surface area contributed by atoms with Crippen LogP contribution < -0.4 is 20.7 Å². The first kappa shape index (κ1) is 22.1. The van der Waals surface area contributed by atoms with Crippen molar-refractivity contribution < 1.29 is 18.3 Å². The quantitative estimate of drug-likeness (QED) is 0.341. The largest absolute Gasteiger partial charge is 0.489 e. The highest BCUT2D eigenvalue weighted by atomic mass is 19.1. The van der Waals surface area contributed by atoms with Crippen LogP contribution in [0.2, 0.25) is 0 Å². The van der Waals surface area contributed by atoms with E-state index < -0.39 is 11.7 Å². The Kier molecular flexibility index (Phi) is 8.88. The fourth-order valence-electron chi connectivity index (χ4n) is 2.53. The van der Waals surface area contributed by atoms with Crippen LogP contribution in [0, 0.1) is 11.6 Å². The van der Waals surface area contributed by atoms with E-state index in [-0.39, 0.29) is 17.5 Å². The summed E-state index contributed by atoms with van der Waals surface area (Å²) in [5.41, 5.74) is 0.00953. The SMILES string of the molecule is CCC(CNC(=NC)NCCNC(=O)c1ccccc1F)Oc1cccc(F)c1. The summed E-state index contributed by atoms with van der Waals surface area (Å²) in [6.45, 7) is 3.14. The van der Waals surface area contributed by atoms with E-state index in [0.717, 1.165) is 6.42 Å². The summed E-state index contributed by atoms with van der Waals surface area (Å²) < 4.78 is 32.6. The fourth-order valence-corrected chi connectivity index (χ4v) is 2.53. The molecule has 0 aliphatic heterocycles. The van der Waals surface area contributed by atoms with Crippen molar-refractivity contribution in [2.24, 2.45) is 4.99 Å². The minimum absolute atomic E-state index is 0.00953. The summed E-state index contributed by atoms with van der Waals surface area (Å²) in [6.07, 6.45) is 0.551. The van der Waals surface area contributed by atoms with Crippen molar-refractivity contribution in [1.29, 1.82) is 0 Å². The van der Waals surface area contributed by atoms with Gasteiger partial charge in [0, 0.05) is 26.2 Å². The van der Waals surface area contributed by atoms with Crippen LogP contribution in [-0.4, -0.2) is 44.7 Å². The Morgan fingerprint density at radius 3 is 2.52 bits per heavy atom. The molecule has 0 fully saturated rings. The lowest BCUT2D eigenvalue weighted by molar-refractivity contribution is 0.0950. The molecule has 1 atom stereocenters. The van der Waals surface area contributed by atoms with Crippen LogP contribution in [0.5, 0.6) is 5.75 Å². The smallest absolute Gasteiger partial charge is 0.254 e. The van der Waals surface area contributed by atoms with Gasteiger partial charge in [0.15, 0.2) is 5.96 Å². The van der Waals surface area contributed by atoms with Crippen LogP contribution in [0.15, 0.2) is 53.5 Å². The van der Waals surface area contributed by atoms with Crippen molar-refractivity contribution in [3.8, 4) is 5.75 Å². The topological polar surface area (TPSA) is 74.8 Å². The third kappa shape index (κ3) is 7.40. The van der Waals surface area contributed by atoms with Gasteiger partial charge in [-0.3, -0.25) is 9.79 Å². The molecule has 6 nitrogen and oxygen atoms in total. The van der Waals surface area contributed by atoms with Crippen LogP contribution in [0.3, 0.4) is 0 Å². The first-order valence-electron chi connectivity index (χ1n) is 9.43. The van der Waals surface area contributed by atoms with Gasteiger partial charge in [-0.05, 0) is 30.7 Å². The molecule has 0 spiro atoms. The lowest BCUT2D eigenvalue weighted by Gasteiger charge is -2.20. The molecule has 1 unspecified atom stereocenters. The molecule has 2 aromatic carbocycles. The molecule has 3 N–H and O–H groups in total. The maximum absolute atomic E-state index is 13.6. The normalized spacial score (nSPS) is 12.2. The highest BCUT2D eigenvalue weighted by molar-refractivity contribution is 5.94. The Labute approximate surface area is 169 Å². The van der Waals surface area contributed by atoms with Gasteiger partial charge in [-0.25, -0.2) is 8.78 Å². The second kappa shape index (κ2) is 11.6. The fraction of sp³-hybridized carbons (Fsp3) is 0.333. The molecular formula is C21H26F2N4O2. The van der Waals surface area contributed by atoms with E-state index in [9.17, 15) is 13.6 Å². The number of nitrogens with zero attached hydrogens (tertiary/aromatic N) is 1. The van der Waals surface area contributed by atoms with Crippen molar-refractivity contribution in [3.05, 3.63) is 65.7 Å². The number of rotatable bonds is 9. The van der Waals surface area contributed by atoms with Gasteiger partial charge >= 0.3 is 0 Å². The number of benzene rings is 2. The molecule has 29 heavy (non-hydrogen) atoms. The summed E-state index contributed by atoms with van der Waals surface area (Å²) >= 11 is 0. The Bertz CT molecular complexity index is 830. The zero-order valence-electron chi connectivity index (χ0n) is 16.5. The standard InChI is InChI=1S/C21H26F2N4O2/c1-3-16(29-17-8-6-7-15(22)13-17)14-27-21(24-2)26-12-11-25-20(28)18-9-4-5-10-19(18)23/h4-10,13,16H,3,11-12,14H2,1-2H3,(H,25,28)(H2,24,26,27). The molecule has 0 saturated carbocycles. The number of halogens is 2. The van der Waals surface area contributed by atoms with Gasteiger partial charge < -0.3 is 20.7 Å². The van der Waals surface area contributed by atoms with E-state index in [4.69, 9.17) is 4.74 Å². The van der Waals surface area contributed by atoms with Crippen molar-refractivity contribution in [3.63, 3.8) is 0 Å². The molecular weight excluding hydrogens is 378 g/mol. The maximum Gasteiger partial charge on any atom is 0.254 e. The number of ether oxygens (including phenoxy) is 1. The number of hydrogen-bond donors (Lipinski definition) is 3. The lowest BCUT2D eigenvalue weighted by Crippen LogP contribution is -2.44. The minimum atomic E-state index is -0.556. The highest BCUT2D eigenvalue weighted by Crippen LogP contribution is 2.14. The monoisotopic (exact) mass is 404 g/mol. The Morgan fingerprint density at radius 1 is 1.07 bits per heavy atom. The molecule has 0 aliphatic carbocycles. The van der Waals surface area contributed by atoms with Gasteiger partial charge in [-0.1, -0.05) is 25.1 Å². The van der Waals surface area contributed by atoms with E-state index in [1.54, 1.807) is 25.2 Å². The second-order valence-electron chi connectivity index (χ2n) is 6.22. The first-order chi connectivity index (χ1) is 14.0. The highest BCUT2D eigenvalue weighted by Gasteiger charge is 2.11. The molecule has 0 bridgehead atoms. The first-order valence-corrected chi connectivity index (χ1v) is 9.43. The van der Waals surface area contributed by atoms with Crippen molar-refractivity contribution in [1.82, 2.24) is 16.0 Å². The van der Waals surface area contributed by atoms with Crippen LogP contribution in [0.1, 0.15) is 23.7 Å².